The average Bonchev–Trinajstić information content (AvgIpc) is 2.65. The van der Waals surface area contributed by atoms with Gasteiger partial charge in [0.2, 0.25) is 5.91 Å². The smallest absolute Gasteiger partial charge is 0.400 e. The summed E-state index contributed by atoms with van der Waals surface area (Å²) in [5, 5.41) is 3.22. The van der Waals surface area contributed by atoms with Crippen molar-refractivity contribution in [2.24, 2.45) is 0 Å². The molecule has 0 aliphatic carbocycles. The molecule has 1 N–H and O–H groups in total. The largest absolute Gasteiger partial charge is 0.492 e. The average molecular weight is 338 g/mol. The van der Waals surface area contributed by atoms with Crippen LogP contribution in [-0.2, 0) is 14.1 Å². The minimum atomic E-state index is -0.578. The molecule has 0 saturated carbocycles. The van der Waals surface area contributed by atoms with Crippen LogP contribution in [0.2, 0.25) is 5.02 Å². The predicted molar refractivity (Wildman–Crippen MR) is 89.8 cm³/mol. The van der Waals surface area contributed by atoms with Gasteiger partial charge in [-0.15, -0.1) is 0 Å². The number of amides is 1. The molecule has 8 heteroatoms. The van der Waals surface area contributed by atoms with E-state index >= 15 is 0 Å². The summed E-state index contributed by atoms with van der Waals surface area (Å²) in [5.41, 5.74) is -0.192. The van der Waals surface area contributed by atoms with Crippen LogP contribution in [0.3, 0.4) is 0 Å². The number of hydrogen-bond acceptors (Lipinski definition) is 5. The highest BCUT2D eigenvalue weighted by Gasteiger charge is 2.52. The van der Waals surface area contributed by atoms with Crippen LogP contribution in [0.25, 0.3) is 6.08 Å². The molecule has 1 aromatic heterocycles. The Hall–Kier alpha value is -1.44. The Morgan fingerprint density at radius 1 is 1.26 bits per heavy atom. The third-order valence-electron chi connectivity index (χ3n) is 4.05. The molecule has 0 radical (unpaired) electrons. The number of carbonyl (C=O) groups is 1. The van der Waals surface area contributed by atoms with Crippen LogP contribution < -0.4 is 5.32 Å². The van der Waals surface area contributed by atoms with Gasteiger partial charge in [0, 0.05) is 25.9 Å². The fourth-order valence-electron chi connectivity index (χ4n) is 1.99. The fourth-order valence-corrected chi connectivity index (χ4v) is 2.08. The van der Waals surface area contributed by atoms with E-state index in [4.69, 9.17) is 20.9 Å². The normalized spacial score (nSPS) is 19.7. The first-order valence-electron chi connectivity index (χ1n) is 7.39. The number of aromatic nitrogens is 2. The molecular weight excluding hydrogens is 316 g/mol. The molecule has 0 bridgehead atoms. The molecule has 0 aromatic carbocycles. The standard InChI is InChI=1S/C15H21BClN3O3/c1-10(21)18-7-11(6-13-19-8-12(17)9-20-13)16-22-14(2,3)15(4,5)23-16/h6,8-9H,7H2,1-5H3,(H,18,21). The fraction of sp³-hybridized carbons (Fsp3) is 0.533. The van der Waals surface area contributed by atoms with Gasteiger partial charge in [-0.3, -0.25) is 4.79 Å². The summed E-state index contributed by atoms with van der Waals surface area (Å²) in [7, 11) is -0.578. The van der Waals surface area contributed by atoms with Crippen LogP contribution in [0.4, 0.5) is 0 Å². The Kier molecular flexibility index (Phi) is 5.13. The number of rotatable bonds is 4. The topological polar surface area (TPSA) is 73.3 Å². The molecule has 2 heterocycles. The van der Waals surface area contributed by atoms with E-state index in [1.54, 1.807) is 6.08 Å². The molecule has 1 aliphatic heterocycles. The van der Waals surface area contributed by atoms with Crippen molar-refractivity contribution in [3.05, 3.63) is 28.7 Å². The van der Waals surface area contributed by atoms with E-state index in [1.165, 1.54) is 19.3 Å². The van der Waals surface area contributed by atoms with Gasteiger partial charge in [0.1, 0.15) is 0 Å². The van der Waals surface area contributed by atoms with E-state index < -0.39 is 18.3 Å². The summed E-state index contributed by atoms with van der Waals surface area (Å²) in [4.78, 5) is 19.5. The first-order chi connectivity index (χ1) is 10.6. The summed E-state index contributed by atoms with van der Waals surface area (Å²) in [5.74, 6) is 0.342. The van der Waals surface area contributed by atoms with Crippen LogP contribution in [0.1, 0.15) is 40.4 Å². The molecule has 1 aromatic rings. The van der Waals surface area contributed by atoms with Crippen molar-refractivity contribution in [2.75, 3.05) is 6.54 Å². The zero-order valence-electron chi connectivity index (χ0n) is 14.0. The first-order valence-corrected chi connectivity index (χ1v) is 7.76. The van der Waals surface area contributed by atoms with Crippen molar-refractivity contribution in [3.63, 3.8) is 0 Å². The highest BCUT2D eigenvalue weighted by atomic mass is 35.5. The highest BCUT2D eigenvalue weighted by Crippen LogP contribution is 2.38. The quantitative estimate of drug-likeness (QED) is 0.853. The highest BCUT2D eigenvalue weighted by molar-refractivity contribution is 6.56. The van der Waals surface area contributed by atoms with Crippen molar-refractivity contribution in [3.8, 4) is 0 Å². The minimum absolute atomic E-state index is 0.135. The molecule has 0 atom stereocenters. The van der Waals surface area contributed by atoms with Gasteiger partial charge in [-0.2, -0.15) is 0 Å². The van der Waals surface area contributed by atoms with Crippen LogP contribution in [0, 0.1) is 0 Å². The van der Waals surface area contributed by atoms with Crippen molar-refractivity contribution < 1.29 is 14.1 Å². The third-order valence-corrected chi connectivity index (χ3v) is 4.25. The summed E-state index contributed by atoms with van der Waals surface area (Å²) in [6.07, 6.45) is 4.77. The Labute approximate surface area is 141 Å². The van der Waals surface area contributed by atoms with Crippen molar-refractivity contribution in [1.82, 2.24) is 15.3 Å². The lowest BCUT2D eigenvalue weighted by atomic mass is 9.77. The number of carbonyl (C=O) groups excluding carboxylic acids is 1. The van der Waals surface area contributed by atoms with Crippen LogP contribution in [0.15, 0.2) is 17.9 Å². The number of hydrogen-bond donors (Lipinski definition) is 1. The van der Waals surface area contributed by atoms with Gasteiger partial charge in [0.25, 0.3) is 0 Å². The summed E-state index contributed by atoms with van der Waals surface area (Å²) in [6, 6.07) is 0. The molecule has 1 fully saturated rings. The van der Waals surface area contributed by atoms with Crippen molar-refractivity contribution in [1.29, 1.82) is 0 Å². The Morgan fingerprint density at radius 3 is 2.26 bits per heavy atom. The number of halogens is 1. The molecule has 1 aliphatic rings. The van der Waals surface area contributed by atoms with Crippen LogP contribution >= 0.6 is 11.6 Å². The lowest BCUT2D eigenvalue weighted by Crippen LogP contribution is -2.41. The van der Waals surface area contributed by atoms with E-state index in [0.717, 1.165) is 5.47 Å². The molecule has 0 spiro atoms. The Morgan fingerprint density at radius 2 is 1.78 bits per heavy atom. The lowest BCUT2D eigenvalue weighted by molar-refractivity contribution is -0.118. The molecule has 124 valence electrons. The molecular formula is C15H21BClN3O3. The number of nitrogens with one attached hydrogen (secondary N) is 1. The van der Waals surface area contributed by atoms with Crippen molar-refractivity contribution in [2.45, 2.75) is 45.8 Å². The van der Waals surface area contributed by atoms with Crippen LogP contribution in [-0.4, -0.2) is 40.7 Å². The monoisotopic (exact) mass is 337 g/mol. The van der Waals surface area contributed by atoms with Crippen molar-refractivity contribution >= 4 is 30.7 Å². The van der Waals surface area contributed by atoms with Gasteiger partial charge in [-0.1, -0.05) is 11.6 Å². The zero-order valence-corrected chi connectivity index (χ0v) is 14.8. The second kappa shape index (κ2) is 6.59. The van der Waals surface area contributed by atoms with Crippen LogP contribution in [0.5, 0.6) is 0 Å². The van der Waals surface area contributed by atoms with E-state index in [0.29, 0.717) is 10.8 Å². The first kappa shape index (κ1) is 17.9. The lowest BCUT2D eigenvalue weighted by Gasteiger charge is -2.32. The summed E-state index contributed by atoms with van der Waals surface area (Å²) in [6.45, 7) is 9.64. The summed E-state index contributed by atoms with van der Waals surface area (Å²) >= 11 is 5.80. The summed E-state index contributed by atoms with van der Waals surface area (Å²) < 4.78 is 12.1. The molecule has 1 amide bonds. The van der Waals surface area contributed by atoms with E-state index in [-0.39, 0.29) is 12.5 Å². The molecule has 2 rings (SSSR count). The maximum absolute atomic E-state index is 11.2. The van der Waals surface area contributed by atoms with Gasteiger partial charge in [0.15, 0.2) is 5.82 Å². The SMILES string of the molecule is CC(=O)NCC(=Cc1ncc(Cl)cn1)B1OC(C)(C)C(C)(C)O1. The second-order valence-corrected chi connectivity index (χ2v) is 6.91. The molecule has 6 nitrogen and oxygen atoms in total. The number of nitrogens with zero attached hydrogens (tertiary/aromatic N) is 2. The Balaban J connectivity index is 2.28. The molecule has 0 unspecified atom stereocenters. The van der Waals surface area contributed by atoms with Gasteiger partial charge < -0.3 is 14.6 Å². The van der Waals surface area contributed by atoms with E-state index in [2.05, 4.69) is 15.3 Å². The molecule has 23 heavy (non-hydrogen) atoms. The van der Waals surface area contributed by atoms with E-state index in [1.807, 2.05) is 27.7 Å². The van der Waals surface area contributed by atoms with Gasteiger partial charge in [-0.25, -0.2) is 9.97 Å². The van der Waals surface area contributed by atoms with Gasteiger partial charge >= 0.3 is 7.12 Å². The zero-order chi connectivity index (χ0) is 17.3. The van der Waals surface area contributed by atoms with E-state index in [9.17, 15) is 4.79 Å². The third kappa shape index (κ3) is 4.31. The Bertz CT molecular complexity index is 601. The second-order valence-electron chi connectivity index (χ2n) is 6.48. The molecule has 1 saturated heterocycles. The maximum atomic E-state index is 11.2. The minimum Gasteiger partial charge on any atom is -0.400 e. The van der Waals surface area contributed by atoms with Gasteiger partial charge in [0.05, 0.1) is 16.2 Å². The predicted octanol–water partition coefficient (Wildman–Crippen LogP) is 2.28. The maximum Gasteiger partial charge on any atom is 0.492 e. The van der Waals surface area contributed by atoms with Gasteiger partial charge in [-0.05, 0) is 39.2 Å².